The first-order valence-corrected chi connectivity index (χ1v) is 14.4. The van der Waals surface area contributed by atoms with Crippen LogP contribution in [0.3, 0.4) is 0 Å². The van der Waals surface area contributed by atoms with E-state index in [0.717, 1.165) is 53.9 Å². The number of hydrogen-bond donors (Lipinski definition) is 2. The molecule has 37 heavy (non-hydrogen) atoms. The number of hydrogen-bond acceptors (Lipinski definition) is 9. The van der Waals surface area contributed by atoms with Gasteiger partial charge in [-0.05, 0) is 39.7 Å². The number of rotatable bonds is 6. The third-order valence-electron chi connectivity index (χ3n) is 6.94. The second-order valence-electron chi connectivity index (χ2n) is 10.4. The van der Waals surface area contributed by atoms with Crippen molar-refractivity contribution in [1.82, 2.24) is 29.5 Å². The molecule has 0 bridgehead atoms. The van der Waals surface area contributed by atoms with Gasteiger partial charge >= 0.3 is 0 Å². The molecule has 198 valence electrons. The van der Waals surface area contributed by atoms with Crippen molar-refractivity contribution in [3.8, 4) is 5.88 Å². The van der Waals surface area contributed by atoms with Gasteiger partial charge in [0.1, 0.15) is 16.7 Å². The zero-order valence-corrected chi connectivity index (χ0v) is 23.7. The van der Waals surface area contributed by atoms with Crippen LogP contribution in [0.1, 0.15) is 45.3 Å². The lowest BCUT2D eigenvalue weighted by atomic mass is 9.73. The smallest absolute Gasteiger partial charge is 0.232 e. The maximum Gasteiger partial charge on any atom is 0.232 e. The molecule has 3 aromatic heterocycles. The van der Waals surface area contributed by atoms with E-state index in [2.05, 4.69) is 29.7 Å². The molecule has 1 saturated heterocycles. The van der Waals surface area contributed by atoms with Gasteiger partial charge in [-0.25, -0.2) is 23.9 Å². The lowest BCUT2D eigenvalue weighted by molar-refractivity contribution is 0.160. The Labute approximate surface area is 228 Å². The monoisotopic (exact) mass is 562 g/mol. The largest absolute Gasteiger partial charge is 0.480 e. The van der Waals surface area contributed by atoms with Gasteiger partial charge < -0.3 is 15.4 Å². The van der Waals surface area contributed by atoms with Crippen LogP contribution >= 0.6 is 23.4 Å². The van der Waals surface area contributed by atoms with E-state index >= 15 is 0 Å². The molecule has 1 fully saturated rings. The van der Waals surface area contributed by atoms with E-state index < -0.39 is 11.0 Å². The lowest BCUT2D eigenvalue weighted by Crippen LogP contribution is -2.48. The number of halogens is 1. The number of methoxy groups -OCH3 is 1. The summed E-state index contributed by atoms with van der Waals surface area (Å²) in [5.74, 6) is 1.71. The molecule has 5 heterocycles. The van der Waals surface area contributed by atoms with E-state index in [1.165, 1.54) is 11.8 Å². The SMILES string of the molecule is COc1cc2n(n1)CC1(CCN(c3cnc(Sc4ccnc(N)c4Cl)cn3)CC1)[C@@H]2N[S@](=O)C(C)(C)C. The van der Waals surface area contributed by atoms with Crippen molar-refractivity contribution in [2.24, 2.45) is 5.41 Å². The Kier molecular flexibility index (Phi) is 7.12. The van der Waals surface area contributed by atoms with E-state index in [0.29, 0.717) is 16.7 Å². The van der Waals surface area contributed by atoms with Crippen LogP contribution in [0.25, 0.3) is 0 Å². The highest BCUT2D eigenvalue weighted by molar-refractivity contribution is 7.99. The van der Waals surface area contributed by atoms with Crippen molar-refractivity contribution in [2.45, 2.75) is 60.9 Å². The van der Waals surface area contributed by atoms with Gasteiger partial charge in [0.05, 0.1) is 52.0 Å². The number of nitrogen functional groups attached to an aromatic ring is 1. The lowest BCUT2D eigenvalue weighted by Gasteiger charge is -2.43. The number of fused-ring (bicyclic) bond motifs is 1. The van der Waals surface area contributed by atoms with Crippen molar-refractivity contribution in [2.75, 3.05) is 30.8 Å². The summed E-state index contributed by atoms with van der Waals surface area (Å²) in [5.41, 5.74) is 6.74. The summed E-state index contributed by atoms with van der Waals surface area (Å²) in [6.07, 6.45) is 6.99. The van der Waals surface area contributed by atoms with Gasteiger partial charge in [-0.2, -0.15) is 0 Å². The summed E-state index contributed by atoms with van der Waals surface area (Å²) in [6.45, 7) is 8.34. The number of nitrogens with two attached hydrogens (primary N) is 1. The molecule has 0 aliphatic carbocycles. The maximum atomic E-state index is 13.1. The third-order valence-corrected chi connectivity index (χ3v) is 10.00. The van der Waals surface area contributed by atoms with Gasteiger partial charge in [-0.1, -0.05) is 23.4 Å². The highest BCUT2D eigenvalue weighted by Gasteiger charge is 2.50. The first-order chi connectivity index (χ1) is 17.6. The Bertz CT molecular complexity index is 1300. The normalized spacial score (nSPS) is 19.7. The molecule has 0 radical (unpaired) electrons. The number of ether oxygens (including phenoxy) is 1. The van der Waals surface area contributed by atoms with Crippen molar-refractivity contribution in [3.63, 3.8) is 0 Å². The molecule has 1 spiro atoms. The average Bonchev–Trinajstić information content (AvgIpc) is 3.38. The van der Waals surface area contributed by atoms with Crippen molar-refractivity contribution in [1.29, 1.82) is 0 Å². The summed E-state index contributed by atoms with van der Waals surface area (Å²) in [5, 5.41) is 5.76. The highest BCUT2D eigenvalue weighted by atomic mass is 35.5. The summed E-state index contributed by atoms with van der Waals surface area (Å²) >= 11 is 7.67. The number of anilines is 2. The second kappa shape index (κ2) is 10.0. The summed E-state index contributed by atoms with van der Waals surface area (Å²) in [4.78, 5) is 16.3. The fourth-order valence-electron chi connectivity index (χ4n) is 4.82. The second-order valence-corrected chi connectivity index (χ2v) is 13.8. The van der Waals surface area contributed by atoms with Crippen LogP contribution in [-0.2, 0) is 17.5 Å². The molecule has 5 rings (SSSR count). The Morgan fingerprint density at radius 1 is 1.24 bits per heavy atom. The Morgan fingerprint density at radius 2 is 2.00 bits per heavy atom. The molecule has 10 nitrogen and oxygen atoms in total. The summed E-state index contributed by atoms with van der Waals surface area (Å²) in [6, 6.07) is 3.69. The molecule has 0 saturated carbocycles. The van der Waals surface area contributed by atoms with Crippen LogP contribution in [0.2, 0.25) is 5.02 Å². The van der Waals surface area contributed by atoms with Gasteiger partial charge in [-0.15, -0.1) is 5.10 Å². The standard InChI is InChI=1S/C24H31ClN8O2S2/c1-23(2,3)37(34)31-21-15-11-18(35-4)30-33(15)14-24(21)6-9-32(10-7-24)17-12-29-19(13-28-17)36-16-5-8-27-22(26)20(16)25/h5,8,11-13,21,31H,6-7,9-10,14H2,1-4H3,(H2,26,27)/t21-,37-/m1/s1. The zero-order chi connectivity index (χ0) is 26.4. The Morgan fingerprint density at radius 3 is 2.65 bits per heavy atom. The van der Waals surface area contributed by atoms with Crippen molar-refractivity contribution >= 4 is 46.0 Å². The zero-order valence-electron chi connectivity index (χ0n) is 21.3. The number of nitrogens with zero attached hydrogens (tertiary/aromatic N) is 6. The molecular formula is C24H31ClN8O2S2. The molecule has 3 aromatic rings. The van der Waals surface area contributed by atoms with Crippen LogP contribution in [0.5, 0.6) is 5.88 Å². The molecule has 2 aliphatic heterocycles. The van der Waals surface area contributed by atoms with Gasteiger partial charge in [0.25, 0.3) is 0 Å². The fourth-order valence-corrected chi connectivity index (χ4v) is 6.75. The van der Waals surface area contributed by atoms with Crippen LogP contribution in [0, 0.1) is 5.41 Å². The minimum absolute atomic E-state index is 0.0754. The summed E-state index contributed by atoms with van der Waals surface area (Å²) < 4.78 is 23.6. The van der Waals surface area contributed by atoms with Crippen LogP contribution in [-0.4, -0.2) is 53.9 Å². The first kappa shape index (κ1) is 26.2. The molecule has 0 unspecified atom stereocenters. The fraction of sp³-hybridized carbons (Fsp3) is 0.500. The van der Waals surface area contributed by atoms with Gasteiger partial charge in [0.2, 0.25) is 5.88 Å². The Balaban J connectivity index is 1.29. The number of pyridine rings is 1. The summed E-state index contributed by atoms with van der Waals surface area (Å²) in [7, 11) is 0.405. The average molecular weight is 563 g/mol. The molecule has 0 aromatic carbocycles. The van der Waals surface area contributed by atoms with Crippen LogP contribution in [0.15, 0.2) is 40.6 Å². The number of piperidine rings is 1. The van der Waals surface area contributed by atoms with E-state index in [4.69, 9.17) is 22.1 Å². The first-order valence-electron chi connectivity index (χ1n) is 12.0. The third kappa shape index (κ3) is 5.16. The van der Waals surface area contributed by atoms with Crippen molar-refractivity contribution in [3.05, 3.63) is 41.4 Å². The van der Waals surface area contributed by atoms with Crippen LogP contribution in [0.4, 0.5) is 11.6 Å². The molecule has 0 amide bonds. The minimum atomic E-state index is -1.21. The van der Waals surface area contributed by atoms with Crippen LogP contribution < -0.4 is 20.1 Å². The van der Waals surface area contributed by atoms with Gasteiger partial charge in [0.15, 0.2) is 0 Å². The molecule has 2 aliphatic rings. The van der Waals surface area contributed by atoms with E-state index in [1.807, 2.05) is 37.6 Å². The van der Waals surface area contributed by atoms with E-state index in [9.17, 15) is 4.21 Å². The molecular weight excluding hydrogens is 532 g/mol. The van der Waals surface area contributed by atoms with E-state index in [-0.39, 0.29) is 16.2 Å². The molecule has 3 N–H and O–H groups in total. The quantitative estimate of drug-likeness (QED) is 0.461. The topological polar surface area (TPSA) is 124 Å². The molecule has 2 atom stereocenters. The molecule has 13 heteroatoms. The number of nitrogens with one attached hydrogen (secondary N) is 1. The Hall–Kier alpha value is -2.41. The highest BCUT2D eigenvalue weighted by Crippen LogP contribution is 2.50. The minimum Gasteiger partial charge on any atom is -0.480 e. The predicted molar refractivity (Wildman–Crippen MR) is 146 cm³/mol. The van der Waals surface area contributed by atoms with Gasteiger partial charge in [-0.3, -0.25) is 4.68 Å². The maximum absolute atomic E-state index is 13.1. The van der Waals surface area contributed by atoms with Gasteiger partial charge in [0, 0.05) is 42.2 Å². The van der Waals surface area contributed by atoms with E-state index in [1.54, 1.807) is 25.7 Å². The van der Waals surface area contributed by atoms with Crippen molar-refractivity contribution < 1.29 is 8.95 Å². The number of aromatic nitrogens is 5. The predicted octanol–water partition coefficient (Wildman–Crippen LogP) is 3.86.